The Balaban J connectivity index is 1.37. The summed E-state index contributed by atoms with van der Waals surface area (Å²) in [6.45, 7) is 6.80. The van der Waals surface area contributed by atoms with Crippen LogP contribution in [0.2, 0.25) is 0 Å². The fraction of sp³-hybridized carbons (Fsp3) is 0.538. The van der Waals surface area contributed by atoms with Crippen molar-refractivity contribution in [3.05, 3.63) is 36.0 Å². The number of halogens is 3. The van der Waals surface area contributed by atoms with Gasteiger partial charge in [-0.15, -0.1) is 0 Å². The molecule has 1 saturated heterocycles. The van der Waals surface area contributed by atoms with Crippen LogP contribution in [0.15, 0.2) is 30.5 Å². The molecule has 13 heteroatoms. The largest absolute Gasteiger partial charge is 0.421 e. The van der Waals surface area contributed by atoms with E-state index in [0.717, 1.165) is 12.6 Å². The molecule has 4 rings (SSSR count). The first-order valence-corrected chi connectivity index (χ1v) is 13.0. The van der Waals surface area contributed by atoms with Crippen LogP contribution < -0.4 is 21.3 Å². The molecule has 0 bridgehead atoms. The van der Waals surface area contributed by atoms with Gasteiger partial charge >= 0.3 is 6.18 Å². The van der Waals surface area contributed by atoms with Gasteiger partial charge in [-0.3, -0.25) is 14.5 Å². The topological polar surface area (TPSA) is 121 Å². The zero-order chi connectivity index (χ0) is 28.0. The van der Waals surface area contributed by atoms with Gasteiger partial charge in [0.25, 0.3) is 0 Å². The van der Waals surface area contributed by atoms with Crippen LogP contribution in [0.3, 0.4) is 0 Å². The van der Waals surface area contributed by atoms with Crippen LogP contribution in [-0.2, 0) is 20.5 Å². The standard InChI is InChI=1S/C26H34F3N7O3/c1-16(2)32-24(38)20-8-3-17(20)13-30-23-21(26(27,28)29)14-31-25(35-23)34-19-6-4-18(5-7-19)33-22(37)15-36-9-11-39-12-10-36/h4-7,14,16-17,20H,3,8-13,15H2,1-2H3,(H,32,38)(H,33,37)(H2,30,31,34,35)/t17?,20-/m0/s1. The van der Waals surface area contributed by atoms with Crippen molar-refractivity contribution in [1.82, 2.24) is 20.2 Å². The average Bonchev–Trinajstić information content (AvgIpc) is 2.84. The number of carbonyl (C=O) groups excluding carboxylic acids is 2. The Hall–Kier alpha value is -3.45. The number of nitrogens with one attached hydrogen (secondary N) is 4. The summed E-state index contributed by atoms with van der Waals surface area (Å²) in [6, 6.07) is 6.71. The van der Waals surface area contributed by atoms with Crippen molar-refractivity contribution < 1.29 is 27.5 Å². The van der Waals surface area contributed by atoms with E-state index in [1.807, 2.05) is 18.7 Å². The van der Waals surface area contributed by atoms with Crippen molar-refractivity contribution in [1.29, 1.82) is 0 Å². The highest BCUT2D eigenvalue weighted by atomic mass is 19.4. The van der Waals surface area contributed by atoms with Gasteiger partial charge in [0.05, 0.1) is 19.8 Å². The Morgan fingerprint density at radius 2 is 1.79 bits per heavy atom. The molecule has 2 atom stereocenters. The van der Waals surface area contributed by atoms with Crippen LogP contribution in [-0.4, -0.2) is 72.1 Å². The molecule has 1 aliphatic carbocycles. The molecule has 1 saturated carbocycles. The van der Waals surface area contributed by atoms with Gasteiger partial charge in [0.2, 0.25) is 17.8 Å². The first kappa shape index (κ1) is 28.6. The number of rotatable bonds is 10. The lowest BCUT2D eigenvalue weighted by Crippen LogP contribution is -2.45. The van der Waals surface area contributed by atoms with Gasteiger partial charge in [-0.05, 0) is 56.9 Å². The summed E-state index contributed by atoms with van der Waals surface area (Å²) in [5, 5.41) is 11.4. The zero-order valence-electron chi connectivity index (χ0n) is 22.0. The van der Waals surface area contributed by atoms with Crippen molar-refractivity contribution in [3.63, 3.8) is 0 Å². The minimum atomic E-state index is -4.64. The summed E-state index contributed by atoms with van der Waals surface area (Å²) in [5.41, 5.74) is 0.149. The third kappa shape index (κ3) is 8.02. The highest BCUT2D eigenvalue weighted by Crippen LogP contribution is 2.37. The Bertz CT molecular complexity index is 1140. The third-order valence-electron chi connectivity index (χ3n) is 6.71. The minimum absolute atomic E-state index is 0.000493. The quantitative estimate of drug-likeness (QED) is 0.356. The van der Waals surface area contributed by atoms with Gasteiger partial charge in [0, 0.05) is 49.2 Å². The van der Waals surface area contributed by atoms with Crippen LogP contribution in [0.1, 0.15) is 32.3 Å². The van der Waals surface area contributed by atoms with Gasteiger partial charge in [-0.2, -0.15) is 18.2 Å². The molecule has 2 amide bonds. The molecule has 1 aromatic heterocycles. The van der Waals surface area contributed by atoms with Crippen molar-refractivity contribution >= 4 is 35.0 Å². The highest BCUT2D eigenvalue weighted by Gasteiger charge is 2.38. The van der Waals surface area contributed by atoms with E-state index >= 15 is 0 Å². The molecule has 2 aromatic rings. The van der Waals surface area contributed by atoms with Crippen LogP contribution in [0.5, 0.6) is 0 Å². The Labute approximate surface area is 225 Å². The molecule has 0 radical (unpaired) electrons. The Morgan fingerprint density at radius 3 is 2.41 bits per heavy atom. The Kier molecular flexibility index (Phi) is 9.23. The summed E-state index contributed by atoms with van der Waals surface area (Å²) < 4.78 is 46.2. The van der Waals surface area contributed by atoms with Crippen LogP contribution >= 0.6 is 0 Å². The molecule has 0 spiro atoms. The molecule has 1 aromatic carbocycles. The molecule has 2 heterocycles. The molecule has 1 aliphatic heterocycles. The van der Waals surface area contributed by atoms with E-state index in [9.17, 15) is 22.8 Å². The SMILES string of the molecule is CC(C)NC(=O)[C@H]1CCC1CNc1nc(Nc2ccc(NC(=O)CN3CCOCC3)cc2)ncc1C(F)(F)F. The summed E-state index contributed by atoms with van der Waals surface area (Å²) >= 11 is 0. The van der Waals surface area contributed by atoms with Gasteiger partial charge in [0.1, 0.15) is 11.4 Å². The lowest BCUT2D eigenvalue weighted by Gasteiger charge is -2.36. The van der Waals surface area contributed by atoms with E-state index in [2.05, 4.69) is 31.2 Å². The maximum Gasteiger partial charge on any atom is 0.421 e. The number of hydrogen-bond donors (Lipinski definition) is 4. The minimum Gasteiger partial charge on any atom is -0.379 e. The van der Waals surface area contributed by atoms with Gasteiger partial charge in [-0.1, -0.05) is 0 Å². The maximum absolute atomic E-state index is 13.6. The third-order valence-corrected chi connectivity index (χ3v) is 6.71. The molecule has 2 fully saturated rings. The molecule has 4 N–H and O–H groups in total. The second-order valence-electron chi connectivity index (χ2n) is 10.1. The number of amides is 2. The molecule has 212 valence electrons. The number of morpholine rings is 1. The number of nitrogens with zero attached hydrogens (tertiary/aromatic N) is 3. The second-order valence-corrected chi connectivity index (χ2v) is 10.1. The van der Waals surface area contributed by atoms with Gasteiger partial charge < -0.3 is 26.0 Å². The molecular weight excluding hydrogens is 515 g/mol. The van der Waals surface area contributed by atoms with E-state index in [4.69, 9.17) is 4.74 Å². The number of anilines is 4. The summed E-state index contributed by atoms with van der Waals surface area (Å²) in [5.74, 6) is -0.900. The number of ether oxygens (including phenoxy) is 1. The number of benzene rings is 1. The van der Waals surface area contributed by atoms with Crippen molar-refractivity contribution in [2.75, 3.05) is 55.3 Å². The van der Waals surface area contributed by atoms with Crippen molar-refractivity contribution in [3.8, 4) is 0 Å². The summed E-state index contributed by atoms with van der Waals surface area (Å²) in [6.07, 6.45) is -2.45. The molecule has 39 heavy (non-hydrogen) atoms. The summed E-state index contributed by atoms with van der Waals surface area (Å²) in [4.78, 5) is 34.6. The smallest absolute Gasteiger partial charge is 0.379 e. The van der Waals surface area contributed by atoms with E-state index in [-0.39, 0.29) is 54.5 Å². The van der Waals surface area contributed by atoms with Crippen molar-refractivity contribution in [2.45, 2.75) is 38.9 Å². The number of hydrogen-bond acceptors (Lipinski definition) is 8. The van der Waals surface area contributed by atoms with E-state index in [0.29, 0.717) is 44.1 Å². The Morgan fingerprint density at radius 1 is 1.10 bits per heavy atom. The molecule has 2 aliphatic rings. The summed E-state index contributed by atoms with van der Waals surface area (Å²) in [7, 11) is 0. The predicted octanol–water partition coefficient (Wildman–Crippen LogP) is 3.47. The number of carbonyl (C=O) groups is 2. The monoisotopic (exact) mass is 549 g/mol. The van der Waals surface area contributed by atoms with Crippen LogP contribution in [0.25, 0.3) is 0 Å². The van der Waals surface area contributed by atoms with E-state index in [1.54, 1.807) is 24.3 Å². The number of alkyl halides is 3. The maximum atomic E-state index is 13.6. The van der Waals surface area contributed by atoms with E-state index in [1.165, 1.54) is 0 Å². The fourth-order valence-electron chi connectivity index (χ4n) is 4.49. The normalized spacial score (nSPS) is 19.7. The average molecular weight is 550 g/mol. The highest BCUT2D eigenvalue weighted by molar-refractivity contribution is 5.92. The zero-order valence-corrected chi connectivity index (χ0v) is 22.0. The first-order valence-electron chi connectivity index (χ1n) is 13.0. The fourth-order valence-corrected chi connectivity index (χ4v) is 4.49. The second kappa shape index (κ2) is 12.6. The van der Waals surface area contributed by atoms with Gasteiger partial charge in [0.15, 0.2) is 0 Å². The van der Waals surface area contributed by atoms with Gasteiger partial charge in [-0.25, -0.2) is 4.98 Å². The van der Waals surface area contributed by atoms with Crippen molar-refractivity contribution in [2.24, 2.45) is 11.8 Å². The predicted molar refractivity (Wildman–Crippen MR) is 141 cm³/mol. The lowest BCUT2D eigenvalue weighted by atomic mass is 9.73. The molecular formula is C26H34F3N7O3. The molecule has 10 nitrogen and oxygen atoms in total. The number of aromatic nitrogens is 2. The molecule has 1 unspecified atom stereocenters. The van der Waals surface area contributed by atoms with Crippen LogP contribution in [0, 0.1) is 11.8 Å². The van der Waals surface area contributed by atoms with Crippen LogP contribution in [0.4, 0.5) is 36.3 Å². The van der Waals surface area contributed by atoms with E-state index < -0.39 is 11.7 Å². The lowest BCUT2D eigenvalue weighted by molar-refractivity contribution is -0.137. The first-order chi connectivity index (χ1) is 18.6.